The van der Waals surface area contributed by atoms with Gasteiger partial charge in [-0.3, -0.25) is 28.9 Å². The van der Waals surface area contributed by atoms with Crippen LogP contribution in [0.4, 0.5) is 16.5 Å². The normalized spacial score (nSPS) is 15.7. The molecule has 3 aromatic rings. The quantitative estimate of drug-likeness (QED) is 0.416. The van der Waals surface area contributed by atoms with Gasteiger partial charge in [-0.1, -0.05) is 38.1 Å². The van der Waals surface area contributed by atoms with Crippen molar-refractivity contribution in [1.29, 1.82) is 0 Å². The number of anilines is 3. The zero-order valence-electron chi connectivity index (χ0n) is 21.8. The van der Waals surface area contributed by atoms with E-state index in [1.807, 2.05) is 6.92 Å². The Labute approximate surface area is 230 Å². The standard InChI is InChI=1S/C28H29N5O5S/c1-4-17(2)25(36)30-21-15-32(26(37)20-11-9-19(10-12-20)18(3)34)22-7-5-6-8-23(22)33(27(21)38)16-24(35)31-28-29-13-14-39-28/h5-14,17,21H,4,15-16H2,1-3H3,(H,30,36)(H,29,31,35)/t17-,21+/m1/s1. The second kappa shape index (κ2) is 12.0. The van der Waals surface area contributed by atoms with E-state index < -0.39 is 23.8 Å². The monoisotopic (exact) mass is 547 g/mol. The number of nitrogens with one attached hydrogen (secondary N) is 2. The second-order valence-electron chi connectivity index (χ2n) is 9.22. The highest BCUT2D eigenvalue weighted by atomic mass is 32.1. The van der Waals surface area contributed by atoms with Crippen LogP contribution >= 0.6 is 11.3 Å². The summed E-state index contributed by atoms with van der Waals surface area (Å²) in [6.07, 6.45) is 2.12. The van der Waals surface area contributed by atoms with Crippen molar-refractivity contribution in [2.24, 2.45) is 5.92 Å². The van der Waals surface area contributed by atoms with Crippen LogP contribution in [0.1, 0.15) is 47.9 Å². The van der Waals surface area contributed by atoms with E-state index in [1.54, 1.807) is 67.0 Å². The summed E-state index contributed by atoms with van der Waals surface area (Å²) in [5.74, 6) is -2.21. The lowest BCUT2D eigenvalue weighted by atomic mass is 10.1. The van der Waals surface area contributed by atoms with Crippen LogP contribution in [0.2, 0.25) is 0 Å². The van der Waals surface area contributed by atoms with Gasteiger partial charge in [0.2, 0.25) is 11.8 Å². The van der Waals surface area contributed by atoms with Gasteiger partial charge in [-0.25, -0.2) is 4.98 Å². The molecular formula is C28H29N5O5S. The van der Waals surface area contributed by atoms with Crippen molar-refractivity contribution >= 4 is 57.3 Å². The minimum atomic E-state index is -1.10. The molecule has 0 saturated heterocycles. The van der Waals surface area contributed by atoms with Gasteiger partial charge in [0.05, 0.1) is 17.9 Å². The number of nitrogens with zero attached hydrogens (tertiary/aromatic N) is 3. The average Bonchev–Trinajstić information content (AvgIpc) is 3.42. The molecule has 11 heteroatoms. The van der Waals surface area contributed by atoms with Crippen molar-refractivity contribution in [1.82, 2.24) is 10.3 Å². The molecule has 0 fully saturated rings. The Hall–Kier alpha value is -4.38. The Morgan fingerprint density at radius 1 is 1.05 bits per heavy atom. The van der Waals surface area contributed by atoms with E-state index in [-0.39, 0.29) is 30.7 Å². The summed E-state index contributed by atoms with van der Waals surface area (Å²) >= 11 is 1.25. The molecule has 0 bridgehead atoms. The topological polar surface area (TPSA) is 129 Å². The van der Waals surface area contributed by atoms with Crippen molar-refractivity contribution in [2.75, 3.05) is 28.2 Å². The molecule has 4 rings (SSSR count). The summed E-state index contributed by atoms with van der Waals surface area (Å²) in [6.45, 7) is 4.57. The number of benzene rings is 2. The van der Waals surface area contributed by atoms with Crippen LogP contribution in [-0.2, 0) is 14.4 Å². The van der Waals surface area contributed by atoms with Gasteiger partial charge in [0, 0.05) is 28.6 Å². The molecule has 202 valence electrons. The lowest BCUT2D eigenvalue weighted by Gasteiger charge is -2.26. The van der Waals surface area contributed by atoms with Crippen LogP contribution in [0, 0.1) is 5.92 Å². The number of rotatable bonds is 8. The molecule has 2 N–H and O–H groups in total. The van der Waals surface area contributed by atoms with E-state index >= 15 is 0 Å². The fraction of sp³-hybridized carbons (Fsp3) is 0.286. The number of amides is 4. The third-order valence-corrected chi connectivity index (χ3v) is 7.22. The Kier molecular flexibility index (Phi) is 8.50. The molecule has 1 aliphatic rings. The second-order valence-corrected chi connectivity index (χ2v) is 10.1. The number of Topliss-reactive ketones (excluding diaryl/α,β-unsaturated/α-hetero) is 1. The maximum atomic E-state index is 13.9. The molecule has 0 saturated carbocycles. The Bertz CT molecular complexity index is 1390. The number of carbonyl (C=O) groups excluding carboxylic acids is 5. The van der Waals surface area contributed by atoms with E-state index in [2.05, 4.69) is 15.6 Å². The molecule has 2 atom stereocenters. The molecule has 0 aliphatic carbocycles. The zero-order valence-corrected chi connectivity index (χ0v) is 22.7. The molecule has 1 aliphatic heterocycles. The molecule has 0 spiro atoms. The molecule has 0 radical (unpaired) electrons. The van der Waals surface area contributed by atoms with Crippen LogP contribution in [0.3, 0.4) is 0 Å². The highest BCUT2D eigenvalue weighted by molar-refractivity contribution is 7.13. The molecule has 4 amide bonds. The van der Waals surface area contributed by atoms with E-state index in [0.29, 0.717) is 34.1 Å². The van der Waals surface area contributed by atoms with Gasteiger partial charge >= 0.3 is 0 Å². The van der Waals surface area contributed by atoms with Crippen LogP contribution in [0.25, 0.3) is 0 Å². The lowest BCUT2D eigenvalue weighted by molar-refractivity contribution is -0.129. The van der Waals surface area contributed by atoms with Crippen molar-refractivity contribution in [3.63, 3.8) is 0 Å². The van der Waals surface area contributed by atoms with E-state index in [9.17, 15) is 24.0 Å². The van der Waals surface area contributed by atoms with Crippen LogP contribution in [0.5, 0.6) is 0 Å². The molecule has 39 heavy (non-hydrogen) atoms. The molecule has 10 nitrogen and oxygen atoms in total. The fourth-order valence-corrected chi connectivity index (χ4v) is 4.68. The largest absolute Gasteiger partial charge is 0.342 e. The Balaban J connectivity index is 1.73. The van der Waals surface area contributed by atoms with Gasteiger partial charge in [0.25, 0.3) is 11.8 Å². The minimum absolute atomic E-state index is 0.126. The summed E-state index contributed by atoms with van der Waals surface area (Å²) in [5, 5.41) is 7.58. The number of para-hydroxylation sites is 2. The number of hydrogen-bond acceptors (Lipinski definition) is 7. The first-order valence-corrected chi connectivity index (χ1v) is 13.4. The SMILES string of the molecule is CC[C@@H](C)C(=O)N[C@H]1CN(C(=O)c2ccc(C(C)=O)cc2)c2ccccc2N(CC(=O)Nc2nccs2)C1=O. The van der Waals surface area contributed by atoms with E-state index in [4.69, 9.17) is 0 Å². The number of aromatic nitrogens is 1. The minimum Gasteiger partial charge on any atom is -0.342 e. The van der Waals surface area contributed by atoms with Gasteiger partial charge in [-0.2, -0.15) is 0 Å². The van der Waals surface area contributed by atoms with E-state index in [0.717, 1.165) is 0 Å². The highest BCUT2D eigenvalue weighted by Crippen LogP contribution is 2.34. The highest BCUT2D eigenvalue weighted by Gasteiger charge is 2.38. The van der Waals surface area contributed by atoms with Crippen molar-refractivity contribution in [2.45, 2.75) is 33.2 Å². The van der Waals surface area contributed by atoms with Crippen LogP contribution < -0.4 is 20.4 Å². The number of carbonyl (C=O) groups is 5. The van der Waals surface area contributed by atoms with Gasteiger partial charge in [-0.05, 0) is 37.6 Å². The summed E-state index contributed by atoms with van der Waals surface area (Å²) in [4.78, 5) is 71.9. The summed E-state index contributed by atoms with van der Waals surface area (Å²) < 4.78 is 0. The van der Waals surface area contributed by atoms with Crippen molar-refractivity contribution < 1.29 is 24.0 Å². The summed E-state index contributed by atoms with van der Waals surface area (Å²) in [7, 11) is 0. The fourth-order valence-electron chi connectivity index (χ4n) is 4.14. The van der Waals surface area contributed by atoms with Crippen LogP contribution in [-0.4, -0.2) is 53.5 Å². The molecule has 2 aromatic carbocycles. The first kappa shape index (κ1) is 27.6. The zero-order chi connectivity index (χ0) is 28.1. The Morgan fingerprint density at radius 3 is 2.33 bits per heavy atom. The molecule has 0 unspecified atom stereocenters. The molecule has 1 aromatic heterocycles. The third kappa shape index (κ3) is 6.20. The molecular weight excluding hydrogens is 518 g/mol. The summed E-state index contributed by atoms with van der Waals surface area (Å²) in [5.41, 5.74) is 1.54. The van der Waals surface area contributed by atoms with Gasteiger partial charge in [0.15, 0.2) is 10.9 Å². The number of hydrogen-bond donors (Lipinski definition) is 2. The van der Waals surface area contributed by atoms with E-state index in [1.165, 1.54) is 28.1 Å². The summed E-state index contributed by atoms with van der Waals surface area (Å²) in [6, 6.07) is 11.9. The predicted molar refractivity (Wildman–Crippen MR) is 149 cm³/mol. The average molecular weight is 548 g/mol. The number of thiazole rings is 1. The molecule has 2 heterocycles. The lowest BCUT2D eigenvalue weighted by Crippen LogP contribution is -2.54. The first-order valence-electron chi connectivity index (χ1n) is 12.5. The Morgan fingerprint density at radius 2 is 1.72 bits per heavy atom. The van der Waals surface area contributed by atoms with Crippen molar-refractivity contribution in [3.05, 3.63) is 71.2 Å². The third-order valence-electron chi connectivity index (χ3n) is 6.53. The van der Waals surface area contributed by atoms with Gasteiger partial charge in [0.1, 0.15) is 12.6 Å². The number of fused-ring (bicyclic) bond motifs is 1. The van der Waals surface area contributed by atoms with Gasteiger partial charge in [-0.15, -0.1) is 11.3 Å². The maximum absolute atomic E-state index is 13.9. The first-order chi connectivity index (χ1) is 18.7. The van der Waals surface area contributed by atoms with Crippen LogP contribution in [0.15, 0.2) is 60.1 Å². The number of ketones is 1. The van der Waals surface area contributed by atoms with Crippen molar-refractivity contribution in [3.8, 4) is 0 Å². The predicted octanol–water partition coefficient (Wildman–Crippen LogP) is 3.51. The maximum Gasteiger partial charge on any atom is 0.258 e. The van der Waals surface area contributed by atoms with Gasteiger partial charge < -0.3 is 15.5 Å². The smallest absolute Gasteiger partial charge is 0.258 e.